The Balaban J connectivity index is 2.03. The van der Waals surface area contributed by atoms with Crippen LogP contribution >= 0.6 is 0 Å². The van der Waals surface area contributed by atoms with E-state index >= 15 is 0 Å². The molecule has 2 rings (SSSR count). The van der Waals surface area contributed by atoms with E-state index < -0.39 is 0 Å². The average molecular weight is 247 g/mol. The molecule has 98 valence electrons. The zero-order valence-electron chi connectivity index (χ0n) is 11.3. The van der Waals surface area contributed by atoms with Gasteiger partial charge < -0.3 is 9.88 Å². The van der Waals surface area contributed by atoms with E-state index in [2.05, 4.69) is 33.0 Å². The number of aryl methyl sites for hydroxylation is 3. The predicted molar refractivity (Wildman–Crippen MR) is 71.2 cm³/mol. The number of hydrogen-bond donors (Lipinski definition) is 1. The first kappa shape index (κ1) is 12.8. The van der Waals surface area contributed by atoms with E-state index in [1.165, 1.54) is 11.4 Å². The lowest BCUT2D eigenvalue weighted by Gasteiger charge is -2.18. The minimum Gasteiger partial charge on any atom is -0.336 e. The van der Waals surface area contributed by atoms with E-state index in [-0.39, 0.29) is 0 Å². The molecule has 0 bridgehead atoms. The van der Waals surface area contributed by atoms with E-state index in [0.29, 0.717) is 6.04 Å². The van der Waals surface area contributed by atoms with Gasteiger partial charge in [0.2, 0.25) is 0 Å². The molecule has 0 saturated carbocycles. The molecular formula is C13H21N5. The van der Waals surface area contributed by atoms with Crippen molar-refractivity contribution in [3.8, 4) is 0 Å². The number of rotatable bonds is 6. The van der Waals surface area contributed by atoms with Gasteiger partial charge in [-0.1, -0.05) is 6.92 Å². The Hall–Kier alpha value is -1.62. The molecule has 0 saturated heterocycles. The van der Waals surface area contributed by atoms with Crippen LogP contribution in [0.1, 0.15) is 30.8 Å². The van der Waals surface area contributed by atoms with Crippen LogP contribution in [0, 0.1) is 0 Å². The Bertz CT molecular complexity index is 485. The maximum absolute atomic E-state index is 4.20. The van der Waals surface area contributed by atoms with Gasteiger partial charge in [-0.15, -0.1) is 0 Å². The fourth-order valence-electron chi connectivity index (χ4n) is 2.24. The van der Waals surface area contributed by atoms with Crippen LogP contribution in [-0.4, -0.2) is 25.9 Å². The number of hydrogen-bond acceptors (Lipinski definition) is 3. The molecule has 1 atom stereocenters. The van der Waals surface area contributed by atoms with Crippen molar-refractivity contribution in [2.24, 2.45) is 14.1 Å². The summed E-state index contributed by atoms with van der Waals surface area (Å²) in [5.74, 6) is 0. The lowest BCUT2D eigenvalue weighted by Crippen LogP contribution is -2.23. The van der Waals surface area contributed by atoms with Crippen LogP contribution in [-0.2, 0) is 20.5 Å². The van der Waals surface area contributed by atoms with Crippen molar-refractivity contribution in [3.05, 3.63) is 36.2 Å². The summed E-state index contributed by atoms with van der Waals surface area (Å²) in [6.45, 7) is 3.09. The first-order valence-electron chi connectivity index (χ1n) is 6.38. The van der Waals surface area contributed by atoms with Gasteiger partial charge in [0.25, 0.3) is 0 Å². The maximum atomic E-state index is 4.20. The summed E-state index contributed by atoms with van der Waals surface area (Å²) in [6.07, 6.45) is 7.70. The molecule has 0 amide bonds. The van der Waals surface area contributed by atoms with Crippen molar-refractivity contribution in [1.29, 1.82) is 0 Å². The zero-order chi connectivity index (χ0) is 13.0. The van der Waals surface area contributed by atoms with Crippen molar-refractivity contribution < 1.29 is 0 Å². The standard InChI is InChI=1S/C13H21N5/c1-4-15-12(13-9-14-10-17(13)2)6-5-11-7-8-16-18(11)3/h7-10,12,15H,4-6H2,1-3H3. The predicted octanol–water partition coefficient (Wildman–Crippen LogP) is 1.44. The number of aromatic nitrogens is 4. The zero-order valence-corrected chi connectivity index (χ0v) is 11.3. The fraction of sp³-hybridized carbons (Fsp3) is 0.538. The smallest absolute Gasteiger partial charge is 0.0946 e. The molecule has 0 aliphatic carbocycles. The van der Waals surface area contributed by atoms with Gasteiger partial charge in [0, 0.05) is 38.2 Å². The third-order valence-corrected chi connectivity index (χ3v) is 3.27. The van der Waals surface area contributed by atoms with Crippen LogP contribution in [0.25, 0.3) is 0 Å². The van der Waals surface area contributed by atoms with Crippen LogP contribution in [0.4, 0.5) is 0 Å². The molecule has 0 aliphatic rings. The van der Waals surface area contributed by atoms with Crippen LogP contribution in [0.5, 0.6) is 0 Å². The van der Waals surface area contributed by atoms with Gasteiger partial charge in [-0.3, -0.25) is 4.68 Å². The van der Waals surface area contributed by atoms with Gasteiger partial charge >= 0.3 is 0 Å². The topological polar surface area (TPSA) is 47.7 Å². The summed E-state index contributed by atoms with van der Waals surface area (Å²) < 4.78 is 4.02. The largest absolute Gasteiger partial charge is 0.336 e. The lowest BCUT2D eigenvalue weighted by molar-refractivity contribution is 0.483. The highest BCUT2D eigenvalue weighted by Crippen LogP contribution is 2.18. The molecule has 5 heteroatoms. The SMILES string of the molecule is CCNC(CCc1ccnn1C)c1cncn1C. The van der Waals surface area contributed by atoms with Crippen molar-refractivity contribution in [2.75, 3.05) is 6.54 Å². The third kappa shape index (κ3) is 2.79. The summed E-state index contributed by atoms with van der Waals surface area (Å²) in [6, 6.07) is 2.42. The van der Waals surface area contributed by atoms with Gasteiger partial charge in [0.1, 0.15) is 0 Å². The Kier molecular flexibility index (Phi) is 4.15. The number of nitrogens with zero attached hydrogens (tertiary/aromatic N) is 4. The van der Waals surface area contributed by atoms with Crippen LogP contribution < -0.4 is 5.32 Å². The molecule has 0 aliphatic heterocycles. The average Bonchev–Trinajstić information content (AvgIpc) is 2.94. The Morgan fingerprint density at radius 3 is 2.78 bits per heavy atom. The first-order chi connectivity index (χ1) is 8.72. The van der Waals surface area contributed by atoms with Crippen LogP contribution in [0.15, 0.2) is 24.8 Å². The second kappa shape index (κ2) is 5.82. The summed E-state index contributed by atoms with van der Waals surface area (Å²) in [5.41, 5.74) is 2.50. The third-order valence-electron chi connectivity index (χ3n) is 3.27. The highest BCUT2D eigenvalue weighted by molar-refractivity contribution is 5.07. The van der Waals surface area contributed by atoms with E-state index in [1.807, 2.05) is 37.5 Å². The van der Waals surface area contributed by atoms with Crippen LogP contribution in [0.3, 0.4) is 0 Å². The minimum absolute atomic E-state index is 0.345. The highest BCUT2D eigenvalue weighted by Gasteiger charge is 2.14. The molecule has 1 N–H and O–H groups in total. The maximum Gasteiger partial charge on any atom is 0.0946 e. The van der Waals surface area contributed by atoms with Crippen molar-refractivity contribution in [3.63, 3.8) is 0 Å². The molecule has 0 aromatic carbocycles. The second-order valence-electron chi connectivity index (χ2n) is 4.52. The summed E-state index contributed by atoms with van der Waals surface area (Å²) in [5, 5.41) is 7.72. The highest BCUT2D eigenvalue weighted by atomic mass is 15.2. The fourth-order valence-corrected chi connectivity index (χ4v) is 2.24. The van der Waals surface area contributed by atoms with Gasteiger partial charge in [0.05, 0.1) is 12.0 Å². The Labute approximate surface area is 108 Å². The number of nitrogens with one attached hydrogen (secondary N) is 1. The van der Waals surface area contributed by atoms with E-state index in [1.54, 1.807) is 0 Å². The Morgan fingerprint density at radius 1 is 1.39 bits per heavy atom. The van der Waals surface area contributed by atoms with Gasteiger partial charge in [-0.05, 0) is 25.5 Å². The second-order valence-corrected chi connectivity index (χ2v) is 4.52. The van der Waals surface area contributed by atoms with Crippen LogP contribution in [0.2, 0.25) is 0 Å². The monoisotopic (exact) mass is 247 g/mol. The molecule has 2 aromatic heterocycles. The summed E-state index contributed by atoms with van der Waals surface area (Å²) in [4.78, 5) is 4.19. The molecule has 1 unspecified atom stereocenters. The van der Waals surface area contributed by atoms with E-state index in [4.69, 9.17) is 0 Å². The van der Waals surface area contributed by atoms with Crippen molar-refractivity contribution >= 4 is 0 Å². The van der Waals surface area contributed by atoms with E-state index in [0.717, 1.165) is 19.4 Å². The molecule has 2 heterocycles. The minimum atomic E-state index is 0.345. The molecule has 0 fully saturated rings. The first-order valence-corrected chi connectivity index (χ1v) is 6.38. The van der Waals surface area contributed by atoms with Gasteiger partial charge in [0.15, 0.2) is 0 Å². The quantitative estimate of drug-likeness (QED) is 0.840. The molecule has 2 aromatic rings. The number of imidazole rings is 1. The van der Waals surface area contributed by atoms with Crippen molar-refractivity contribution in [2.45, 2.75) is 25.8 Å². The summed E-state index contributed by atoms with van der Waals surface area (Å²) >= 11 is 0. The molecule has 0 radical (unpaired) electrons. The van der Waals surface area contributed by atoms with Gasteiger partial charge in [-0.2, -0.15) is 5.10 Å². The molecule has 5 nitrogen and oxygen atoms in total. The molecular weight excluding hydrogens is 226 g/mol. The lowest BCUT2D eigenvalue weighted by atomic mass is 10.1. The normalized spacial score (nSPS) is 12.8. The van der Waals surface area contributed by atoms with Crippen molar-refractivity contribution in [1.82, 2.24) is 24.6 Å². The van der Waals surface area contributed by atoms with Gasteiger partial charge in [-0.25, -0.2) is 4.98 Å². The Morgan fingerprint density at radius 2 is 2.22 bits per heavy atom. The molecule has 18 heavy (non-hydrogen) atoms. The van der Waals surface area contributed by atoms with E-state index in [9.17, 15) is 0 Å². The molecule has 0 spiro atoms. The summed E-state index contributed by atoms with van der Waals surface area (Å²) in [7, 11) is 4.03.